The lowest BCUT2D eigenvalue weighted by molar-refractivity contribution is -0.116. The highest BCUT2D eigenvalue weighted by atomic mass is 32.1. The lowest BCUT2D eigenvalue weighted by Crippen LogP contribution is -2.41. The van der Waals surface area contributed by atoms with Gasteiger partial charge in [0, 0.05) is 24.1 Å². The van der Waals surface area contributed by atoms with Crippen LogP contribution in [0.4, 0.5) is 0 Å². The number of carbonyl (C=O) groups is 2. The molecule has 0 aliphatic heterocycles. The molecule has 1 heterocycles. The molecule has 1 atom stereocenters. The Morgan fingerprint density at radius 3 is 2.38 bits per heavy atom. The largest absolute Gasteiger partial charge is 0.342 e. The van der Waals surface area contributed by atoms with Crippen LogP contribution in [0.2, 0.25) is 0 Å². The van der Waals surface area contributed by atoms with Crippen LogP contribution in [0.15, 0.2) is 78.3 Å². The van der Waals surface area contributed by atoms with Crippen molar-refractivity contribution in [1.29, 1.82) is 0 Å². The number of amides is 1. The number of hydrogen-bond donors (Lipinski definition) is 1. The topological polar surface area (TPSA) is 59.1 Å². The van der Waals surface area contributed by atoms with Crippen LogP contribution in [0, 0.1) is 0 Å². The molecular weight excluding hydrogens is 344 g/mol. The van der Waals surface area contributed by atoms with Gasteiger partial charge in [0.15, 0.2) is 5.01 Å². The standard InChI is InChI=1S/C21H18N2O2S/c24-19(12-11-16-7-3-1-4-8-16)23-18(15-17-9-5-2-6-10-17)20(25)21-22-13-14-26-21/h1-14,18H,15H2,(H,23,24)/b12-11+/t18-/m0/s1. The Hall–Kier alpha value is -3.05. The average Bonchev–Trinajstić information content (AvgIpc) is 3.22. The van der Waals surface area contributed by atoms with E-state index in [1.165, 1.54) is 17.4 Å². The highest BCUT2D eigenvalue weighted by Gasteiger charge is 2.23. The molecule has 26 heavy (non-hydrogen) atoms. The molecule has 0 radical (unpaired) electrons. The zero-order chi connectivity index (χ0) is 18.2. The lowest BCUT2D eigenvalue weighted by atomic mass is 10.0. The molecular formula is C21H18N2O2S. The van der Waals surface area contributed by atoms with Crippen molar-refractivity contribution < 1.29 is 9.59 Å². The molecule has 0 fully saturated rings. The number of nitrogens with zero attached hydrogens (tertiary/aromatic N) is 1. The molecule has 3 aromatic rings. The Kier molecular flexibility index (Phi) is 6.06. The van der Waals surface area contributed by atoms with Gasteiger partial charge in [-0.3, -0.25) is 9.59 Å². The van der Waals surface area contributed by atoms with E-state index in [9.17, 15) is 9.59 Å². The summed E-state index contributed by atoms with van der Waals surface area (Å²) in [5.74, 6) is -0.481. The third kappa shape index (κ3) is 4.97. The van der Waals surface area contributed by atoms with Crippen molar-refractivity contribution in [3.8, 4) is 0 Å². The normalized spacial score (nSPS) is 12.0. The van der Waals surface area contributed by atoms with Gasteiger partial charge >= 0.3 is 0 Å². The molecule has 1 N–H and O–H groups in total. The lowest BCUT2D eigenvalue weighted by Gasteiger charge is -2.15. The van der Waals surface area contributed by atoms with Crippen molar-refractivity contribution in [2.45, 2.75) is 12.5 Å². The number of rotatable bonds is 7. The quantitative estimate of drug-likeness (QED) is 0.514. The van der Waals surface area contributed by atoms with E-state index >= 15 is 0 Å². The van der Waals surface area contributed by atoms with Crippen LogP contribution in [0.1, 0.15) is 20.9 Å². The molecule has 130 valence electrons. The van der Waals surface area contributed by atoms with Gasteiger partial charge in [-0.1, -0.05) is 60.7 Å². The number of thiazole rings is 1. The summed E-state index contributed by atoms with van der Waals surface area (Å²) < 4.78 is 0. The summed E-state index contributed by atoms with van der Waals surface area (Å²) >= 11 is 1.28. The minimum absolute atomic E-state index is 0.176. The average molecular weight is 362 g/mol. The van der Waals surface area contributed by atoms with Gasteiger partial charge in [0.05, 0.1) is 6.04 Å². The first-order valence-corrected chi connectivity index (χ1v) is 9.11. The molecule has 0 spiro atoms. The van der Waals surface area contributed by atoms with Crippen LogP contribution in [-0.4, -0.2) is 22.7 Å². The minimum Gasteiger partial charge on any atom is -0.342 e. The molecule has 0 saturated heterocycles. The second kappa shape index (κ2) is 8.87. The Bertz CT molecular complexity index is 875. The van der Waals surface area contributed by atoms with Crippen LogP contribution >= 0.6 is 11.3 Å². The van der Waals surface area contributed by atoms with E-state index < -0.39 is 6.04 Å². The summed E-state index contributed by atoms with van der Waals surface area (Å²) in [6.45, 7) is 0. The summed E-state index contributed by atoms with van der Waals surface area (Å²) in [5, 5.41) is 4.97. The van der Waals surface area contributed by atoms with E-state index in [2.05, 4.69) is 10.3 Å². The highest BCUT2D eigenvalue weighted by Crippen LogP contribution is 2.12. The van der Waals surface area contributed by atoms with Crippen LogP contribution < -0.4 is 5.32 Å². The molecule has 0 aliphatic rings. The fourth-order valence-electron chi connectivity index (χ4n) is 2.51. The number of Topliss-reactive ketones (excluding diaryl/α,β-unsaturated/α-hetero) is 1. The van der Waals surface area contributed by atoms with E-state index in [0.717, 1.165) is 11.1 Å². The molecule has 0 bridgehead atoms. The number of carbonyl (C=O) groups excluding carboxylic acids is 2. The van der Waals surface area contributed by atoms with Crippen LogP contribution in [-0.2, 0) is 11.2 Å². The van der Waals surface area contributed by atoms with Gasteiger partial charge < -0.3 is 5.32 Å². The van der Waals surface area contributed by atoms with Crippen molar-refractivity contribution in [3.63, 3.8) is 0 Å². The van der Waals surface area contributed by atoms with Gasteiger partial charge in [0.1, 0.15) is 0 Å². The van der Waals surface area contributed by atoms with E-state index in [1.807, 2.05) is 60.7 Å². The van der Waals surface area contributed by atoms with Gasteiger partial charge in [-0.2, -0.15) is 0 Å². The Morgan fingerprint density at radius 1 is 1.04 bits per heavy atom. The Balaban J connectivity index is 1.73. The van der Waals surface area contributed by atoms with Gasteiger partial charge in [-0.05, 0) is 17.2 Å². The maximum atomic E-state index is 12.7. The molecule has 3 rings (SSSR count). The highest BCUT2D eigenvalue weighted by molar-refractivity contribution is 7.11. The number of hydrogen-bond acceptors (Lipinski definition) is 4. The number of nitrogens with one attached hydrogen (secondary N) is 1. The van der Waals surface area contributed by atoms with Crippen molar-refractivity contribution in [2.24, 2.45) is 0 Å². The fraction of sp³-hybridized carbons (Fsp3) is 0.0952. The first-order valence-electron chi connectivity index (χ1n) is 8.23. The van der Waals surface area contributed by atoms with E-state index in [1.54, 1.807) is 17.7 Å². The second-order valence-electron chi connectivity index (χ2n) is 5.70. The molecule has 1 amide bonds. The molecule has 0 aliphatic carbocycles. The third-order valence-corrected chi connectivity index (χ3v) is 4.57. The molecule has 4 nitrogen and oxygen atoms in total. The van der Waals surface area contributed by atoms with Crippen LogP contribution in [0.25, 0.3) is 6.08 Å². The molecule has 5 heteroatoms. The maximum absolute atomic E-state index is 12.7. The summed E-state index contributed by atoms with van der Waals surface area (Å²) in [7, 11) is 0. The maximum Gasteiger partial charge on any atom is 0.244 e. The van der Waals surface area contributed by atoms with Crippen molar-refractivity contribution in [3.05, 3.63) is 94.5 Å². The van der Waals surface area contributed by atoms with Gasteiger partial charge in [-0.15, -0.1) is 11.3 Å². The Morgan fingerprint density at radius 2 is 1.73 bits per heavy atom. The van der Waals surface area contributed by atoms with Gasteiger partial charge in [0.2, 0.25) is 11.7 Å². The van der Waals surface area contributed by atoms with Gasteiger partial charge in [0.25, 0.3) is 0 Å². The van der Waals surface area contributed by atoms with Gasteiger partial charge in [-0.25, -0.2) is 4.98 Å². The molecule has 1 aromatic heterocycles. The van der Waals surface area contributed by atoms with Crippen molar-refractivity contribution >= 4 is 29.1 Å². The minimum atomic E-state index is -0.656. The number of aromatic nitrogens is 1. The van der Waals surface area contributed by atoms with E-state index in [-0.39, 0.29) is 11.7 Å². The fourth-order valence-corrected chi connectivity index (χ4v) is 3.14. The van der Waals surface area contributed by atoms with Crippen molar-refractivity contribution in [2.75, 3.05) is 0 Å². The molecule has 0 unspecified atom stereocenters. The zero-order valence-corrected chi connectivity index (χ0v) is 14.9. The summed E-state index contributed by atoms with van der Waals surface area (Å²) in [6, 6.07) is 18.5. The van der Waals surface area contributed by atoms with Crippen molar-refractivity contribution in [1.82, 2.24) is 10.3 Å². The Labute approximate surface area is 156 Å². The predicted octanol–water partition coefficient (Wildman–Crippen LogP) is 3.77. The zero-order valence-electron chi connectivity index (χ0n) is 14.0. The van der Waals surface area contributed by atoms with Crippen LogP contribution in [0.3, 0.4) is 0 Å². The summed E-state index contributed by atoms with van der Waals surface area (Å²) in [6.07, 6.45) is 5.18. The molecule has 0 saturated carbocycles. The third-order valence-electron chi connectivity index (χ3n) is 3.79. The second-order valence-corrected chi connectivity index (χ2v) is 6.59. The summed E-state index contributed by atoms with van der Waals surface area (Å²) in [5.41, 5.74) is 1.91. The first kappa shape index (κ1) is 17.8. The van der Waals surface area contributed by atoms with E-state index in [4.69, 9.17) is 0 Å². The summed E-state index contributed by atoms with van der Waals surface area (Å²) in [4.78, 5) is 29.1. The van der Waals surface area contributed by atoms with Crippen LogP contribution in [0.5, 0.6) is 0 Å². The van der Waals surface area contributed by atoms with E-state index in [0.29, 0.717) is 11.4 Å². The smallest absolute Gasteiger partial charge is 0.244 e. The monoisotopic (exact) mass is 362 g/mol. The molecule has 2 aromatic carbocycles. The SMILES string of the molecule is O=C(/C=C/c1ccccc1)N[C@@H](Cc1ccccc1)C(=O)c1nccs1. The number of ketones is 1. The number of benzene rings is 2. The predicted molar refractivity (Wildman–Crippen MR) is 104 cm³/mol. The first-order chi connectivity index (χ1) is 12.7.